The second-order valence-corrected chi connectivity index (χ2v) is 7.49. The highest BCUT2D eigenvalue weighted by Gasteiger charge is 2.13. The molecule has 0 atom stereocenters. The molecule has 1 N–H and O–H groups in total. The number of hydrogen-bond acceptors (Lipinski definition) is 7. The van der Waals surface area contributed by atoms with E-state index in [1.165, 1.54) is 11.3 Å². The van der Waals surface area contributed by atoms with Gasteiger partial charge in [-0.2, -0.15) is 0 Å². The molecule has 0 saturated heterocycles. The van der Waals surface area contributed by atoms with Gasteiger partial charge in [-0.1, -0.05) is 23.5 Å². The highest BCUT2D eigenvalue weighted by atomic mass is 32.1. The summed E-state index contributed by atoms with van der Waals surface area (Å²) in [6.07, 6.45) is 0.607. The van der Waals surface area contributed by atoms with E-state index in [2.05, 4.69) is 15.5 Å². The molecule has 30 heavy (non-hydrogen) atoms. The molecule has 1 amide bonds. The molecule has 1 aromatic heterocycles. The minimum Gasteiger partial charge on any atom is -0.494 e. The van der Waals surface area contributed by atoms with Crippen LogP contribution in [-0.2, 0) is 6.42 Å². The molecule has 8 heteroatoms. The SMILES string of the molecule is CCOc1cc(OCC)cc(C(=O)Nc2nnc(CCOc3cccc(C)c3)s2)c1. The van der Waals surface area contributed by atoms with Gasteiger partial charge >= 0.3 is 0 Å². The average Bonchev–Trinajstić information content (AvgIpc) is 3.15. The third kappa shape index (κ3) is 6.18. The summed E-state index contributed by atoms with van der Waals surface area (Å²) in [4.78, 5) is 12.7. The van der Waals surface area contributed by atoms with Crippen LogP contribution in [0.1, 0.15) is 34.8 Å². The number of hydrogen-bond donors (Lipinski definition) is 1. The Bertz CT molecular complexity index is 966. The van der Waals surface area contributed by atoms with Gasteiger partial charge in [-0.3, -0.25) is 10.1 Å². The van der Waals surface area contributed by atoms with E-state index in [0.29, 0.717) is 48.4 Å². The molecule has 0 aliphatic carbocycles. The van der Waals surface area contributed by atoms with Gasteiger partial charge in [0, 0.05) is 18.1 Å². The molecule has 0 fully saturated rings. The number of nitrogens with zero attached hydrogens (tertiary/aromatic N) is 2. The Kier molecular flexibility index (Phi) is 7.62. The van der Waals surface area contributed by atoms with Crippen molar-refractivity contribution < 1.29 is 19.0 Å². The maximum atomic E-state index is 12.7. The molecule has 3 rings (SSSR count). The molecule has 0 unspecified atom stereocenters. The number of ether oxygens (including phenoxy) is 3. The van der Waals surface area contributed by atoms with Crippen LogP contribution in [0.25, 0.3) is 0 Å². The molecule has 2 aromatic carbocycles. The van der Waals surface area contributed by atoms with Gasteiger partial charge in [0.1, 0.15) is 22.3 Å². The summed E-state index contributed by atoms with van der Waals surface area (Å²) in [6, 6.07) is 13.0. The van der Waals surface area contributed by atoms with Crippen LogP contribution in [0.4, 0.5) is 5.13 Å². The van der Waals surface area contributed by atoms with Crippen molar-refractivity contribution in [3.05, 3.63) is 58.6 Å². The first-order chi connectivity index (χ1) is 14.6. The van der Waals surface area contributed by atoms with Crippen LogP contribution < -0.4 is 19.5 Å². The smallest absolute Gasteiger partial charge is 0.257 e. The summed E-state index contributed by atoms with van der Waals surface area (Å²) in [7, 11) is 0. The van der Waals surface area contributed by atoms with E-state index in [-0.39, 0.29) is 5.91 Å². The normalized spacial score (nSPS) is 10.5. The van der Waals surface area contributed by atoms with E-state index in [0.717, 1.165) is 16.3 Å². The Balaban J connectivity index is 1.59. The Hall–Kier alpha value is -3.13. The number of rotatable bonds is 10. The first kappa shape index (κ1) is 21.6. The van der Waals surface area contributed by atoms with Gasteiger partial charge < -0.3 is 14.2 Å². The van der Waals surface area contributed by atoms with E-state index in [1.807, 2.05) is 45.0 Å². The molecule has 0 saturated carbocycles. The predicted molar refractivity (Wildman–Crippen MR) is 117 cm³/mol. The number of carbonyl (C=O) groups is 1. The zero-order valence-electron chi connectivity index (χ0n) is 17.3. The van der Waals surface area contributed by atoms with E-state index in [1.54, 1.807) is 18.2 Å². The number of carbonyl (C=O) groups excluding carboxylic acids is 1. The van der Waals surface area contributed by atoms with Crippen LogP contribution in [0.15, 0.2) is 42.5 Å². The fraction of sp³-hybridized carbons (Fsp3) is 0.318. The lowest BCUT2D eigenvalue weighted by molar-refractivity contribution is 0.102. The van der Waals surface area contributed by atoms with Crippen LogP contribution in [-0.4, -0.2) is 35.9 Å². The molecule has 7 nitrogen and oxygen atoms in total. The van der Waals surface area contributed by atoms with Gasteiger partial charge in [-0.05, 0) is 50.6 Å². The van der Waals surface area contributed by atoms with E-state index < -0.39 is 0 Å². The van der Waals surface area contributed by atoms with Crippen LogP contribution in [0.3, 0.4) is 0 Å². The maximum absolute atomic E-state index is 12.7. The fourth-order valence-electron chi connectivity index (χ4n) is 2.74. The molecule has 0 bridgehead atoms. The van der Waals surface area contributed by atoms with Crippen molar-refractivity contribution >= 4 is 22.4 Å². The number of aryl methyl sites for hydroxylation is 1. The minimum atomic E-state index is -0.295. The standard InChI is InChI=1S/C22H25N3O4S/c1-4-27-18-12-16(13-19(14-18)28-5-2)21(26)23-22-25-24-20(30-22)9-10-29-17-8-6-7-15(3)11-17/h6-8,11-14H,4-5,9-10H2,1-3H3,(H,23,25,26). The van der Waals surface area contributed by atoms with Gasteiger partial charge in [-0.25, -0.2) is 0 Å². The molecule has 1 heterocycles. The summed E-state index contributed by atoms with van der Waals surface area (Å²) in [5.41, 5.74) is 1.58. The zero-order valence-corrected chi connectivity index (χ0v) is 18.1. The van der Waals surface area contributed by atoms with Crippen LogP contribution in [0, 0.1) is 6.92 Å². The van der Waals surface area contributed by atoms with Crippen molar-refractivity contribution in [1.82, 2.24) is 10.2 Å². The molecular weight excluding hydrogens is 402 g/mol. The van der Waals surface area contributed by atoms with Crippen molar-refractivity contribution in [1.29, 1.82) is 0 Å². The van der Waals surface area contributed by atoms with E-state index >= 15 is 0 Å². The van der Waals surface area contributed by atoms with Crippen molar-refractivity contribution in [2.45, 2.75) is 27.2 Å². The van der Waals surface area contributed by atoms with Crippen LogP contribution >= 0.6 is 11.3 Å². The molecule has 0 aliphatic rings. The van der Waals surface area contributed by atoms with Gasteiger partial charge in [0.15, 0.2) is 0 Å². The zero-order chi connectivity index (χ0) is 21.3. The second-order valence-electron chi connectivity index (χ2n) is 6.43. The summed E-state index contributed by atoms with van der Waals surface area (Å²) in [5, 5.41) is 12.2. The quantitative estimate of drug-likeness (QED) is 0.512. The Morgan fingerprint density at radius 1 is 0.967 bits per heavy atom. The van der Waals surface area contributed by atoms with Gasteiger partial charge in [0.2, 0.25) is 5.13 Å². The lowest BCUT2D eigenvalue weighted by Crippen LogP contribution is -2.12. The van der Waals surface area contributed by atoms with E-state index in [4.69, 9.17) is 14.2 Å². The highest BCUT2D eigenvalue weighted by Crippen LogP contribution is 2.25. The molecule has 0 radical (unpaired) electrons. The predicted octanol–water partition coefficient (Wildman–Crippen LogP) is 4.52. The number of nitrogens with one attached hydrogen (secondary N) is 1. The highest BCUT2D eigenvalue weighted by molar-refractivity contribution is 7.15. The third-order valence-corrected chi connectivity index (χ3v) is 4.92. The van der Waals surface area contributed by atoms with Gasteiger partial charge in [0.05, 0.1) is 19.8 Å². The lowest BCUT2D eigenvalue weighted by Gasteiger charge is -2.10. The fourth-order valence-corrected chi connectivity index (χ4v) is 3.45. The number of amides is 1. The maximum Gasteiger partial charge on any atom is 0.257 e. The molecular formula is C22H25N3O4S. The van der Waals surface area contributed by atoms with Crippen molar-refractivity contribution in [3.63, 3.8) is 0 Å². The third-order valence-electron chi connectivity index (χ3n) is 4.03. The first-order valence-electron chi connectivity index (χ1n) is 9.81. The first-order valence-corrected chi connectivity index (χ1v) is 10.6. The molecule has 158 valence electrons. The monoisotopic (exact) mass is 427 g/mol. The Morgan fingerprint density at radius 2 is 1.70 bits per heavy atom. The van der Waals surface area contributed by atoms with Gasteiger partial charge in [0.25, 0.3) is 5.91 Å². The summed E-state index contributed by atoms with van der Waals surface area (Å²) in [6.45, 7) is 7.28. The topological polar surface area (TPSA) is 82.6 Å². The number of benzene rings is 2. The largest absolute Gasteiger partial charge is 0.494 e. The van der Waals surface area contributed by atoms with Gasteiger partial charge in [-0.15, -0.1) is 10.2 Å². The summed E-state index contributed by atoms with van der Waals surface area (Å²) in [5.74, 6) is 1.70. The molecule has 3 aromatic rings. The summed E-state index contributed by atoms with van der Waals surface area (Å²) >= 11 is 1.33. The minimum absolute atomic E-state index is 0.295. The average molecular weight is 428 g/mol. The van der Waals surface area contributed by atoms with Crippen LogP contribution in [0.2, 0.25) is 0 Å². The molecule has 0 spiro atoms. The van der Waals surface area contributed by atoms with Crippen molar-refractivity contribution in [2.24, 2.45) is 0 Å². The summed E-state index contributed by atoms with van der Waals surface area (Å²) < 4.78 is 16.8. The van der Waals surface area contributed by atoms with Crippen LogP contribution in [0.5, 0.6) is 17.2 Å². The van der Waals surface area contributed by atoms with Crippen molar-refractivity contribution in [2.75, 3.05) is 25.1 Å². The number of anilines is 1. The van der Waals surface area contributed by atoms with Crippen molar-refractivity contribution in [3.8, 4) is 17.2 Å². The second kappa shape index (κ2) is 10.6. The lowest BCUT2D eigenvalue weighted by atomic mass is 10.2. The number of aromatic nitrogens is 2. The Morgan fingerprint density at radius 3 is 2.37 bits per heavy atom. The molecule has 0 aliphatic heterocycles. The van der Waals surface area contributed by atoms with E-state index in [9.17, 15) is 4.79 Å². The Labute approximate surface area is 180 Å².